The van der Waals surface area contributed by atoms with Gasteiger partial charge in [0.05, 0.1) is 21.9 Å². The molecule has 2 heteroatoms. The van der Waals surface area contributed by atoms with E-state index in [-0.39, 0.29) is 0 Å². The molecule has 0 atom stereocenters. The summed E-state index contributed by atoms with van der Waals surface area (Å²) in [7, 11) is 0. The lowest BCUT2D eigenvalue weighted by molar-refractivity contribution is 1.04. The number of benzene rings is 5. The molecule has 2 nitrogen and oxygen atoms in total. The van der Waals surface area contributed by atoms with Crippen molar-refractivity contribution in [3.05, 3.63) is 229 Å². The maximum atomic E-state index is 4.56. The van der Waals surface area contributed by atoms with Crippen LogP contribution in [0.1, 0.15) is 50.3 Å². The summed E-state index contributed by atoms with van der Waals surface area (Å²) in [4.78, 5) is 0. The van der Waals surface area contributed by atoms with E-state index in [2.05, 4.69) is 188 Å². The van der Waals surface area contributed by atoms with Crippen molar-refractivity contribution in [3.8, 4) is 22.5 Å². The standard InChI is InChI=1S/C58H52N2/c1-8-13-17-23-40(6)49(11-4)57-50(12-5)52-30-22-29-51(58(52)60(57)48-34-31-44(32-35-48)42(10-3)24-14-9-2)45-33-36-55-53(38-45)54-39-46(43-25-18-15-19-26-43)37-41(7)56(54)59(55)47-27-20-16-21-28-47/h8-14,16-18,20-39H,3-4,6,15,19H2,1-2,5,7H3/b13-8-,14-9-,23-17-,42-24+,50-12-,57-49-. The molecule has 0 amide bonds. The van der Waals surface area contributed by atoms with Gasteiger partial charge in [-0.25, -0.2) is 0 Å². The summed E-state index contributed by atoms with van der Waals surface area (Å²) < 4.78 is 4.85. The van der Waals surface area contributed by atoms with Gasteiger partial charge in [-0.2, -0.15) is 0 Å². The van der Waals surface area contributed by atoms with Crippen molar-refractivity contribution in [2.24, 2.45) is 0 Å². The zero-order chi connectivity index (χ0) is 41.8. The Hall–Kier alpha value is -7.16. The molecule has 0 radical (unpaired) electrons. The Balaban J connectivity index is 1.46. The number of allylic oxidation sites excluding steroid dienone is 15. The summed E-state index contributed by atoms with van der Waals surface area (Å²) in [6.45, 7) is 21.4. The Labute approximate surface area is 354 Å². The van der Waals surface area contributed by atoms with E-state index in [0.29, 0.717) is 0 Å². The Morgan fingerprint density at radius 1 is 0.667 bits per heavy atom. The fraction of sp³-hybridized carbons (Fsp3) is 0.103. The molecule has 0 aliphatic heterocycles. The van der Waals surface area contributed by atoms with Gasteiger partial charge in [0.25, 0.3) is 0 Å². The van der Waals surface area contributed by atoms with E-state index in [4.69, 9.17) is 0 Å². The van der Waals surface area contributed by atoms with Gasteiger partial charge in [0, 0.05) is 43.9 Å². The van der Waals surface area contributed by atoms with E-state index < -0.39 is 0 Å². The van der Waals surface area contributed by atoms with E-state index in [0.717, 1.165) is 73.7 Å². The Bertz CT molecular complexity index is 3140. The molecule has 1 aliphatic carbocycles. The third-order valence-electron chi connectivity index (χ3n) is 11.6. The first-order chi connectivity index (χ1) is 29.4. The van der Waals surface area contributed by atoms with Crippen molar-refractivity contribution in [3.63, 3.8) is 0 Å². The quantitative estimate of drug-likeness (QED) is 0.116. The van der Waals surface area contributed by atoms with Crippen LogP contribution in [0.2, 0.25) is 0 Å². The molecule has 2 aromatic heterocycles. The molecule has 5 aromatic carbocycles. The summed E-state index contributed by atoms with van der Waals surface area (Å²) >= 11 is 0. The second-order valence-electron chi connectivity index (χ2n) is 15.2. The molecule has 0 fully saturated rings. The van der Waals surface area contributed by atoms with Crippen LogP contribution in [-0.4, -0.2) is 9.13 Å². The van der Waals surface area contributed by atoms with Gasteiger partial charge in [-0.15, -0.1) is 0 Å². The first-order valence-corrected chi connectivity index (χ1v) is 20.9. The highest BCUT2D eigenvalue weighted by Gasteiger charge is 2.20. The molecule has 0 bridgehead atoms. The fourth-order valence-corrected chi connectivity index (χ4v) is 8.80. The zero-order valence-electron chi connectivity index (χ0n) is 35.3. The predicted molar refractivity (Wildman–Crippen MR) is 263 cm³/mol. The Kier molecular flexibility index (Phi) is 11.5. The maximum absolute atomic E-state index is 4.56. The van der Waals surface area contributed by atoms with E-state index in [1.54, 1.807) is 0 Å². The number of fused-ring (bicyclic) bond motifs is 4. The number of aromatic nitrogens is 2. The SMILES string of the molecule is C=C/C(C(=C)/C=C\C=C/C)=c1\c(=C/C)c2cccc(-c3ccc4c(c3)c3cc(C5=CCCC=C5)cc(C)c3n4-c3ccccc3)c2n1-c1ccc(/C(C=C)=C/C=C\C)cc1. The van der Waals surface area contributed by atoms with Crippen LogP contribution in [0.5, 0.6) is 0 Å². The van der Waals surface area contributed by atoms with Gasteiger partial charge in [-0.3, -0.25) is 0 Å². The predicted octanol–water partition coefficient (Wildman–Crippen LogP) is 14.4. The third kappa shape index (κ3) is 7.16. The van der Waals surface area contributed by atoms with E-state index in [1.165, 1.54) is 43.9 Å². The summed E-state index contributed by atoms with van der Waals surface area (Å²) in [6.07, 6.45) is 29.5. The molecule has 0 saturated heterocycles. The zero-order valence-corrected chi connectivity index (χ0v) is 35.3. The minimum absolute atomic E-state index is 0.890. The molecule has 0 saturated carbocycles. The third-order valence-corrected chi connectivity index (χ3v) is 11.6. The van der Waals surface area contributed by atoms with Crippen LogP contribution in [0.25, 0.3) is 78.0 Å². The van der Waals surface area contributed by atoms with Crippen molar-refractivity contribution >= 4 is 55.5 Å². The van der Waals surface area contributed by atoms with Crippen LogP contribution in [0.4, 0.5) is 0 Å². The van der Waals surface area contributed by atoms with Gasteiger partial charge in [0.1, 0.15) is 0 Å². The van der Waals surface area contributed by atoms with Gasteiger partial charge in [0.15, 0.2) is 0 Å². The number of hydrogen-bond donors (Lipinski definition) is 0. The molecule has 294 valence electrons. The second kappa shape index (κ2) is 17.4. The van der Waals surface area contributed by atoms with E-state index in [1.807, 2.05) is 50.3 Å². The average molecular weight is 777 g/mol. The number of nitrogens with zero attached hydrogens (tertiary/aromatic N) is 2. The number of hydrogen-bond acceptors (Lipinski definition) is 0. The number of para-hydroxylation sites is 2. The summed E-state index contributed by atoms with van der Waals surface area (Å²) in [5.41, 5.74) is 15.9. The van der Waals surface area contributed by atoms with Gasteiger partial charge in [-0.1, -0.05) is 153 Å². The van der Waals surface area contributed by atoms with Gasteiger partial charge < -0.3 is 9.13 Å². The Morgan fingerprint density at radius 3 is 2.13 bits per heavy atom. The van der Waals surface area contributed by atoms with Crippen molar-refractivity contribution in [1.29, 1.82) is 0 Å². The molecule has 60 heavy (non-hydrogen) atoms. The normalized spacial score (nSPS) is 14.4. The number of rotatable bonds is 11. The lowest BCUT2D eigenvalue weighted by Gasteiger charge is -2.14. The van der Waals surface area contributed by atoms with E-state index in [9.17, 15) is 0 Å². The Morgan fingerprint density at radius 2 is 1.43 bits per heavy atom. The van der Waals surface area contributed by atoms with Crippen molar-refractivity contribution in [1.82, 2.24) is 9.13 Å². The van der Waals surface area contributed by atoms with Crippen LogP contribution in [0.15, 0.2) is 201 Å². The highest BCUT2D eigenvalue weighted by molar-refractivity contribution is 6.13. The van der Waals surface area contributed by atoms with Crippen LogP contribution in [-0.2, 0) is 0 Å². The molecular weight excluding hydrogens is 725 g/mol. The van der Waals surface area contributed by atoms with Gasteiger partial charge in [-0.05, 0) is 128 Å². The first-order valence-electron chi connectivity index (χ1n) is 20.9. The summed E-state index contributed by atoms with van der Waals surface area (Å²) in [6, 6.07) is 38.1. The number of aryl methyl sites for hydroxylation is 1. The summed E-state index contributed by atoms with van der Waals surface area (Å²) in [5.74, 6) is 0. The smallest absolute Gasteiger partial charge is 0.0619 e. The largest absolute Gasteiger partial charge is 0.309 e. The lowest BCUT2D eigenvalue weighted by atomic mass is 9.95. The maximum Gasteiger partial charge on any atom is 0.0619 e. The van der Waals surface area contributed by atoms with Crippen molar-refractivity contribution < 1.29 is 0 Å². The topological polar surface area (TPSA) is 9.86 Å². The molecule has 1 aliphatic rings. The van der Waals surface area contributed by atoms with Crippen LogP contribution in [0, 0.1) is 6.92 Å². The minimum atomic E-state index is 0.890. The molecule has 0 unspecified atom stereocenters. The highest BCUT2D eigenvalue weighted by Crippen LogP contribution is 2.40. The monoisotopic (exact) mass is 776 g/mol. The average Bonchev–Trinajstić information content (AvgIpc) is 3.80. The molecule has 2 heterocycles. The molecule has 0 N–H and O–H groups in total. The summed E-state index contributed by atoms with van der Waals surface area (Å²) in [5, 5.41) is 5.84. The molecule has 0 spiro atoms. The van der Waals surface area contributed by atoms with Crippen LogP contribution >= 0.6 is 0 Å². The highest BCUT2D eigenvalue weighted by atomic mass is 15.0. The van der Waals surface area contributed by atoms with Gasteiger partial charge >= 0.3 is 0 Å². The molecule has 7 aromatic rings. The molecule has 8 rings (SSSR count). The van der Waals surface area contributed by atoms with E-state index >= 15 is 0 Å². The van der Waals surface area contributed by atoms with Crippen molar-refractivity contribution in [2.45, 2.75) is 40.5 Å². The van der Waals surface area contributed by atoms with Crippen LogP contribution < -0.4 is 10.6 Å². The first kappa shape index (κ1) is 39.7. The van der Waals surface area contributed by atoms with Crippen LogP contribution in [0.3, 0.4) is 0 Å². The lowest BCUT2D eigenvalue weighted by Crippen LogP contribution is -2.31. The molecular formula is C58H52N2. The second-order valence-corrected chi connectivity index (χ2v) is 15.2. The van der Waals surface area contributed by atoms with Gasteiger partial charge in [0.2, 0.25) is 0 Å². The van der Waals surface area contributed by atoms with Crippen molar-refractivity contribution in [2.75, 3.05) is 0 Å². The fourth-order valence-electron chi connectivity index (χ4n) is 8.80. The minimum Gasteiger partial charge on any atom is -0.309 e.